The van der Waals surface area contributed by atoms with E-state index in [-0.39, 0.29) is 17.7 Å². The molecule has 1 heterocycles. The van der Waals surface area contributed by atoms with Crippen LogP contribution >= 0.6 is 0 Å². The van der Waals surface area contributed by atoms with Crippen molar-refractivity contribution in [3.63, 3.8) is 0 Å². The Hall–Kier alpha value is -1.99. The van der Waals surface area contributed by atoms with Crippen molar-refractivity contribution in [2.75, 3.05) is 39.4 Å². The number of amides is 1. The average molecular weight is 337 g/mol. The Morgan fingerprint density at radius 3 is 2.83 bits per heavy atom. The quantitative estimate of drug-likeness (QED) is 0.656. The lowest BCUT2D eigenvalue weighted by Crippen LogP contribution is -2.39. The number of ether oxygens (including phenoxy) is 2. The van der Waals surface area contributed by atoms with Crippen molar-refractivity contribution >= 4 is 11.9 Å². The van der Waals surface area contributed by atoms with E-state index in [0.717, 1.165) is 32.8 Å². The van der Waals surface area contributed by atoms with Crippen molar-refractivity contribution in [2.45, 2.75) is 20.0 Å². The number of rotatable bonds is 5. The molecule has 1 aliphatic heterocycles. The molecule has 0 radical (unpaired) electrons. The highest BCUT2D eigenvalue weighted by Gasteiger charge is 2.13. The van der Waals surface area contributed by atoms with Crippen LogP contribution in [-0.4, -0.2) is 62.3 Å². The van der Waals surface area contributed by atoms with Crippen LogP contribution in [0.1, 0.15) is 24.2 Å². The Morgan fingerprint density at radius 2 is 2.17 bits per heavy atom. The second-order valence-electron chi connectivity index (χ2n) is 5.77. The van der Waals surface area contributed by atoms with Gasteiger partial charge in [0.05, 0.1) is 25.9 Å². The molecule has 132 valence electrons. The fourth-order valence-electron chi connectivity index (χ4n) is 2.25. The molecule has 0 bridgehead atoms. The van der Waals surface area contributed by atoms with Crippen LogP contribution in [0, 0.1) is 5.82 Å². The molecular weight excluding hydrogens is 313 g/mol. The first-order valence-electron chi connectivity index (χ1n) is 8.12. The third-order valence-electron chi connectivity index (χ3n) is 3.43. The highest BCUT2D eigenvalue weighted by molar-refractivity contribution is 6.04. The summed E-state index contributed by atoms with van der Waals surface area (Å²) in [5.74, 6) is -0.904. The molecule has 7 heteroatoms. The summed E-state index contributed by atoms with van der Waals surface area (Å²) in [5, 5.41) is 2.61. The molecule has 6 nitrogen and oxygen atoms in total. The standard InChI is InChI=1S/C17H24FN3O3/c1-13(2)24-17(19-6-7-21-8-10-23-11-9-21)20-16(22)14-4-3-5-15(18)12-14/h3-5,12-13H,6-11H2,1-2H3,(H,19,20,22). The van der Waals surface area contributed by atoms with E-state index in [1.54, 1.807) is 6.07 Å². The first kappa shape index (κ1) is 18.4. The number of hydrogen-bond donors (Lipinski definition) is 1. The number of amidine groups is 1. The van der Waals surface area contributed by atoms with Gasteiger partial charge in [-0.15, -0.1) is 0 Å². The maximum Gasteiger partial charge on any atom is 0.291 e. The molecule has 1 amide bonds. The van der Waals surface area contributed by atoms with Gasteiger partial charge in [-0.1, -0.05) is 6.07 Å². The van der Waals surface area contributed by atoms with Crippen LogP contribution in [0.3, 0.4) is 0 Å². The largest absolute Gasteiger partial charge is 0.462 e. The van der Waals surface area contributed by atoms with E-state index in [0.29, 0.717) is 6.54 Å². The van der Waals surface area contributed by atoms with Gasteiger partial charge >= 0.3 is 0 Å². The summed E-state index contributed by atoms with van der Waals surface area (Å²) in [6.45, 7) is 8.20. The molecule has 1 aliphatic rings. The van der Waals surface area contributed by atoms with Crippen molar-refractivity contribution in [1.29, 1.82) is 0 Å². The molecule has 1 aromatic carbocycles. The van der Waals surface area contributed by atoms with Crippen LogP contribution in [0.15, 0.2) is 29.3 Å². The topological polar surface area (TPSA) is 63.2 Å². The Morgan fingerprint density at radius 1 is 1.42 bits per heavy atom. The van der Waals surface area contributed by atoms with Crippen LogP contribution < -0.4 is 5.32 Å². The van der Waals surface area contributed by atoms with Gasteiger partial charge in [0.25, 0.3) is 11.9 Å². The molecule has 0 spiro atoms. The number of carbonyl (C=O) groups is 1. The summed E-state index contributed by atoms with van der Waals surface area (Å²) < 4.78 is 24.1. The minimum absolute atomic E-state index is 0.125. The summed E-state index contributed by atoms with van der Waals surface area (Å²) in [6.07, 6.45) is -0.125. The summed E-state index contributed by atoms with van der Waals surface area (Å²) in [7, 11) is 0. The molecule has 1 aromatic rings. The third kappa shape index (κ3) is 6.25. The van der Waals surface area contributed by atoms with Crippen molar-refractivity contribution in [2.24, 2.45) is 4.99 Å². The number of halogens is 1. The molecule has 24 heavy (non-hydrogen) atoms. The first-order chi connectivity index (χ1) is 11.5. The molecule has 0 saturated carbocycles. The van der Waals surface area contributed by atoms with Crippen molar-refractivity contribution in [3.8, 4) is 0 Å². The Balaban J connectivity index is 1.93. The number of nitrogens with zero attached hydrogens (tertiary/aromatic N) is 2. The molecule has 1 saturated heterocycles. The van der Waals surface area contributed by atoms with Crippen LogP contribution in [0.25, 0.3) is 0 Å². The lowest BCUT2D eigenvalue weighted by Gasteiger charge is -2.25. The molecule has 1 fully saturated rings. The molecule has 0 atom stereocenters. The monoisotopic (exact) mass is 337 g/mol. The number of aliphatic imine (C=N–C) groups is 1. The predicted molar refractivity (Wildman–Crippen MR) is 89.6 cm³/mol. The molecule has 2 rings (SSSR count). The summed E-state index contributed by atoms with van der Waals surface area (Å²) in [6, 6.07) is 5.66. The Labute approximate surface area is 141 Å². The van der Waals surface area contributed by atoms with Crippen molar-refractivity contribution < 1.29 is 18.7 Å². The average Bonchev–Trinajstić information content (AvgIpc) is 2.55. The molecule has 0 aliphatic carbocycles. The van der Waals surface area contributed by atoms with Gasteiger partial charge in [0.1, 0.15) is 5.82 Å². The number of nitrogens with one attached hydrogen (secondary N) is 1. The number of carbonyl (C=O) groups excluding carboxylic acids is 1. The summed E-state index contributed by atoms with van der Waals surface area (Å²) in [5.41, 5.74) is 0.225. The van der Waals surface area contributed by atoms with Gasteiger partial charge in [-0.05, 0) is 32.0 Å². The van der Waals surface area contributed by atoms with E-state index in [2.05, 4.69) is 15.2 Å². The number of morpholine rings is 1. The second kappa shape index (κ2) is 9.34. The van der Waals surface area contributed by atoms with Gasteiger partial charge in [-0.2, -0.15) is 0 Å². The number of benzene rings is 1. The van der Waals surface area contributed by atoms with Crippen LogP contribution in [0.5, 0.6) is 0 Å². The molecule has 1 N–H and O–H groups in total. The highest BCUT2D eigenvalue weighted by atomic mass is 19.1. The van der Waals surface area contributed by atoms with Gasteiger partial charge in [0.15, 0.2) is 0 Å². The third-order valence-corrected chi connectivity index (χ3v) is 3.43. The van der Waals surface area contributed by atoms with Gasteiger partial charge < -0.3 is 9.47 Å². The van der Waals surface area contributed by atoms with Crippen LogP contribution in [0.2, 0.25) is 0 Å². The lowest BCUT2D eigenvalue weighted by atomic mass is 10.2. The maximum absolute atomic E-state index is 13.2. The predicted octanol–water partition coefficient (Wildman–Crippen LogP) is 1.67. The fourth-order valence-corrected chi connectivity index (χ4v) is 2.25. The smallest absolute Gasteiger partial charge is 0.291 e. The van der Waals surface area contributed by atoms with E-state index in [4.69, 9.17) is 9.47 Å². The Bertz CT molecular complexity index is 572. The maximum atomic E-state index is 13.2. The van der Waals surface area contributed by atoms with E-state index < -0.39 is 11.7 Å². The zero-order valence-corrected chi connectivity index (χ0v) is 14.1. The zero-order valence-electron chi connectivity index (χ0n) is 14.1. The highest BCUT2D eigenvalue weighted by Crippen LogP contribution is 2.04. The van der Waals surface area contributed by atoms with E-state index in [1.165, 1.54) is 18.2 Å². The van der Waals surface area contributed by atoms with E-state index in [1.807, 2.05) is 13.8 Å². The van der Waals surface area contributed by atoms with Gasteiger partial charge in [-0.3, -0.25) is 15.0 Å². The van der Waals surface area contributed by atoms with E-state index in [9.17, 15) is 9.18 Å². The summed E-state index contributed by atoms with van der Waals surface area (Å²) >= 11 is 0. The number of hydrogen-bond acceptors (Lipinski definition) is 5. The van der Waals surface area contributed by atoms with Crippen molar-refractivity contribution in [1.82, 2.24) is 10.2 Å². The van der Waals surface area contributed by atoms with E-state index >= 15 is 0 Å². The lowest BCUT2D eigenvalue weighted by molar-refractivity contribution is 0.0393. The van der Waals surface area contributed by atoms with Gasteiger partial charge in [0.2, 0.25) is 0 Å². The SMILES string of the molecule is CC(C)OC(=NCCN1CCOCC1)NC(=O)c1cccc(F)c1. The van der Waals surface area contributed by atoms with Crippen LogP contribution in [-0.2, 0) is 9.47 Å². The Kier molecular flexibility index (Phi) is 7.14. The minimum atomic E-state index is -0.460. The molecular formula is C17H24FN3O3. The minimum Gasteiger partial charge on any atom is -0.462 e. The molecule has 0 unspecified atom stereocenters. The molecule has 0 aromatic heterocycles. The zero-order chi connectivity index (χ0) is 17.4. The van der Waals surface area contributed by atoms with Gasteiger partial charge in [0, 0.05) is 25.2 Å². The fraction of sp³-hybridized carbons (Fsp3) is 0.529. The summed E-state index contributed by atoms with van der Waals surface area (Å²) in [4.78, 5) is 18.8. The van der Waals surface area contributed by atoms with Crippen LogP contribution in [0.4, 0.5) is 4.39 Å². The second-order valence-corrected chi connectivity index (χ2v) is 5.77. The van der Waals surface area contributed by atoms with Crippen molar-refractivity contribution in [3.05, 3.63) is 35.6 Å². The van der Waals surface area contributed by atoms with Gasteiger partial charge in [-0.25, -0.2) is 9.38 Å². The first-order valence-corrected chi connectivity index (χ1v) is 8.12. The normalized spacial score (nSPS) is 16.2.